The predicted octanol–water partition coefficient (Wildman–Crippen LogP) is -13.7. The van der Waals surface area contributed by atoms with Crippen LogP contribution in [0.25, 0.3) is 0 Å². The van der Waals surface area contributed by atoms with Gasteiger partial charge in [-0.05, 0) is 0 Å². The molecule has 30 atom stereocenters. The molecular weight excluding hydrogens is 1040 g/mol. The van der Waals surface area contributed by atoms with Crippen LogP contribution in [-0.2, 0) is 66.5 Å². The van der Waals surface area contributed by atoms with Crippen LogP contribution in [0.1, 0.15) is 20.8 Å². The number of carbonyl (C=O) groups excluding carboxylic acids is 3. The van der Waals surface area contributed by atoms with E-state index >= 15 is 0 Å². The van der Waals surface area contributed by atoms with Gasteiger partial charge in [-0.15, -0.1) is 0 Å². The number of rotatable bonds is 19. The third-order valence-electron chi connectivity index (χ3n) is 13.6. The lowest BCUT2D eigenvalue weighted by molar-refractivity contribution is -0.385. The molecule has 6 heterocycles. The summed E-state index contributed by atoms with van der Waals surface area (Å²) in [7, 11) is 0. The quantitative estimate of drug-likeness (QED) is 0.0571. The van der Waals surface area contributed by atoms with Crippen LogP contribution in [0.3, 0.4) is 0 Å². The van der Waals surface area contributed by atoms with E-state index in [1.165, 1.54) is 0 Å². The molecule has 0 aromatic rings. The maximum Gasteiger partial charge on any atom is 0.217 e. The smallest absolute Gasteiger partial charge is 0.217 e. The molecule has 0 aromatic carbocycles. The zero-order valence-electron chi connectivity index (χ0n) is 40.9. The number of nitrogens with one attached hydrogen (secondary N) is 3. The lowest BCUT2D eigenvalue weighted by Crippen LogP contribution is -2.69. The largest absolute Gasteiger partial charge is 0.394 e. The summed E-state index contributed by atoms with van der Waals surface area (Å²) in [6, 6.07) is -4.77. The third kappa shape index (κ3) is 13.9. The number of carbonyl (C=O) groups is 3. The van der Waals surface area contributed by atoms with Gasteiger partial charge in [0, 0.05) is 20.8 Å². The van der Waals surface area contributed by atoms with Crippen molar-refractivity contribution in [3.05, 3.63) is 0 Å². The molecule has 6 fully saturated rings. The van der Waals surface area contributed by atoms with E-state index in [1.807, 2.05) is 0 Å². The Bertz CT molecular complexity index is 1870. The fourth-order valence-corrected chi connectivity index (χ4v) is 9.48. The van der Waals surface area contributed by atoms with Crippen LogP contribution in [-0.4, -0.2) is 328 Å². The molecule has 0 radical (unpaired) electrons. The number of aliphatic hydroxyl groups is 17. The summed E-state index contributed by atoms with van der Waals surface area (Å²) in [4.78, 5) is 36.4. The minimum absolute atomic E-state index is 0.718. The van der Waals surface area contributed by atoms with E-state index in [2.05, 4.69) is 16.0 Å². The fourth-order valence-electron chi connectivity index (χ4n) is 9.48. The number of hydrogen-bond donors (Lipinski definition) is 20. The van der Waals surface area contributed by atoms with E-state index in [-0.39, 0.29) is 0 Å². The Labute approximate surface area is 431 Å². The Morgan fingerprint density at radius 3 is 1.05 bits per heavy atom. The summed E-state index contributed by atoms with van der Waals surface area (Å²) in [6.45, 7) is -2.31. The second-order valence-electron chi connectivity index (χ2n) is 19.0. The number of amides is 3. The van der Waals surface area contributed by atoms with Gasteiger partial charge in [-0.3, -0.25) is 14.4 Å². The number of aliphatic hydroxyl groups excluding tert-OH is 17. The lowest BCUT2D eigenvalue weighted by Gasteiger charge is -2.49. The first-order valence-electron chi connectivity index (χ1n) is 24.1. The van der Waals surface area contributed by atoms with Gasteiger partial charge < -0.3 is 155 Å². The van der Waals surface area contributed by atoms with Crippen molar-refractivity contribution in [1.29, 1.82) is 0 Å². The molecule has 0 saturated carbocycles. The molecule has 34 heteroatoms. The second kappa shape index (κ2) is 27.2. The van der Waals surface area contributed by atoms with Crippen LogP contribution in [0.15, 0.2) is 0 Å². The van der Waals surface area contributed by atoms with Gasteiger partial charge in [-0.1, -0.05) is 0 Å². The molecule has 6 aliphatic rings. The highest BCUT2D eigenvalue weighted by Crippen LogP contribution is 2.35. The molecule has 0 spiro atoms. The highest BCUT2D eigenvalue weighted by Gasteiger charge is 2.57. The number of hydrogen-bond acceptors (Lipinski definition) is 31. The van der Waals surface area contributed by atoms with Gasteiger partial charge in [-0.2, -0.15) is 0 Å². The lowest BCUT2D eigenvalue weighted by atomic mass is 9.95. The van der Waals surface area contributed by atoms with E-state index in [0.29, 0.717) is 0 Å². The maximum atomic E-state index is 12.2. The van der Waals surface area contributed by atoms with Gasteiger partial charge in [0.15, 0.2) is 37.7 Å². The molecule has 6 saturated heterocycles. The Hall–Kier alpha value is -2.71. The van der Waals surface area contributed by atoms with Crippen LogP contribution in [0.4, 0.5) is 0 Å². The maximum absolute atomic E-state index is 12.2. The second-order valence-corrected chi connectivity index (χ2v) is 19.0. The van der Waals surface area contributed by atoms with Crippen LogP contribution in [0.5, 0.6) is 0 Å². The molecular formula is C42H71N3O31. The topological polar surface area (TPSA) is 533 Å². The first-order valence-corrected chi connectivity index (χ1v) is 24.1. The summed E-state index contributed by atoms with van der Waals surface area (Å²) in [5, 5.41) is 190. The molecule has 6 aliphatic heterocycles. The monoisotopic (exact) mass is 1110 g/mol. The molecule has 6 rings (SSSR count). The molecule has 440 valence electrons. The molecule has 0 bridgehead atoms. The average molecular weight is 1110 g/mol. The van der Waals surface area contributed by atoms with Crippen molar-refractivity contribution < 1.29 is 153 Å². The highest BCUT2D eigenvalue weighted by molar-refractivity contribution is 5.74. The third-order valence-corrected chi connectivity index (χ3v) is 13.6. The molecule has 0 aliphatic carbocycles. The molecule has 34 nitrogen and oxygen atoms in total. The van der Waals surface area contributed by atoms with Crippen molar-refractivity contribution in [2.45, 2.75) is 205 Å². The van der Waals surface area contributed by atoms with Gasteiger partial charge in [0.2, 0.25) is 17.7 Å². The Morgan fingerprint density at radius 2 is 0.645 bits per heavy atom. The van der Waals surface area contributed by atoms with Crippen LogP contribution in [0.2, 0.25) is 0 Å². The fraction of sp³-hybridized carbons (Fsp3) is 0.929. The zero-order chi connectivity index (χ0) is 56.2. The zero-order valence-corrected chi connectivity index (χ0v) is 40.9. The van der Waals surface area contributed by atoms with Crippen LogP contribution >= 0.6 is 0 Å². The average Bonchev–Trinajstić information content (AvgIpc) is 3.37. The van der Waals surface area contributed by atoms with Gasteiger partial charge in [0.25, 0.3) is 0 Å². The van der Waals surface area contributed by atoms with Crippen LogP contribution in [0, 0.1) is 0 Å². The minimum Gasteiger partial charge on any atom is -0.394 e. The Morgan fingerprint density at radius 1 is 0.342 bits per heavy atom. The van der Waals surface area contributed by atoms with Crippen molar-refractivity contribution in [2.24, 2.45) is 0 Å². The molecule has 20 N–H and O–H groups in total. The Kier molecular flexibility index (Phi) is 22.3. The van der Waals surface area contributed by atoms with E-state index in [9.17, 15) is 101 Å². The van der Waals surface area contributed by atoms with E-state index in [4.69, 9.17) is 52.1 Å². The van der Waals surface area contributed by atoms with Gasteiger partial charge in [0.1, 0.15) is 146 Å². The van der Waals surface area contributed by atoms with Crippen molar-refractivity contribution in [3.8, 4) is 0 Å². The van der Waals surface area contributed by atoms with Crippen LogP contribution < -0.4 is 16.0 Å². The van der Waals surface area contributed by atoms with Crippen molar-refractivity contribution >= 4 is 17.7 Å². The predicted molar refractivity (Wildman–Crippen MR) is 234 cm³/mol. The van der Waals surface area contributed by atoms with E-state index in [1.54, 1.807) is 0 Å². The SMILES string of the molecule is CC(=O)N[C@H]1[C@H](OC[C@H]2O[C@H](OC[C@H]3O[C@@H](O)[C@@H](O)[C@@H](O[C@H]4O[C@H](CO)[C@@H](O)[C@H](O)[C@@H]4O[C@@H]4O[C@H](CO)[C@@H](O)[C@H](O)[C@H]4NC(C)=O)[C@@H]3O)[C@@H](O[C@@H]3O[C@H](CO)[C@@H](O)[C@H](O)[C@H]3NC(C)=O)[C@@H](O)[C@@H]2O)O[C@H](CO)[C@@H](O)[C@@H]1O. The molecule has 3 amide bonds. The van der Waals surface area contributed by atoms with Gasteiger partial charge in [-0.25, -0.2) is 0 Å². The van der Waals surface area contributed by atoms with Crippen molar-refractivity contribution in [1.82, 2.24) is 16.0 Å². The molecule has 76 heavy (non-hydrogen) atoms. The molecule has 0 unspecified atom stereocenters. The highest BCUT2D eigenvalue weighted by atomic mass is 16.8. The first kappa shape index (κ1) is 62.5. The first-order chi connectivity index (χ1) is 35.9. The minimum atomic E-state index is -2.28. The normalized spacial score (nSPS) is 48.2. The standard InChI is InChI=1S/C42H71N3O31/c1-10(50)43-19-28(59)22(53)13(4-46)69-38(19)66-8-17-26(57)32(63)35(75-39-20(44-11(2)51)29(60)23(54)14(5-47)70-39)41(73-17)67-9-18-27(58)34(33(64)37(65)68-18)74-42-36(31(62)25(56)16(7-49)72-42)76-40-21(45-12(3)52)30(61)24(55)15(6-48)71-40/h13-42,46-49,53-65H,4-9H2,1-3H3,(H,43,50)(H,44,51)(H,45,52)/t13-,14-,15-,16-,17-,18-,19-,20-,21-,22-,23-,24-,25-,26-,27-,28-,29-,30-,31+,32+,33+,34+,35+,36+,37-,38-,39+,40+,41+,42-/m1/s1. The number of ether oxygens (including phenoxy) is 11. The summed E-state index contributed by atoms with van der Waals surface area (Å²) in [5.41, 5.74) is 0. The summed E-state index contributed by atoms with van der Waals surface area (Å²) < 4.78 is 63.4. The Balaban J connectivity index is 1.26. The van der Waals surface area contributed by atoms with Crippen molar-refractivity contribution in [2.75, 3.05) is 39.6 Å². The summed E-state index contributed by atoms with van der Waals surface area (Å²) in [6.07, 6.45) is -51.3. The summed E-state index contributed by atoms with van der Waals surface area (Å²) >= 11 is 0. The van der Waals surface area contributed by atoms with Gasteiger partial charge in [0.05, 0.1) is 39.6 Å². The summed E-state index contributed by atoms with van der Waals surface area (Å²) in [5.74, 6) is -2.28. The molecule has 0 aromatic heterocycles. The van der Waals surface area contributed by atoms with Gasteiger partial charge >= 0.3 is 0 Å². The van der Waals surface area contributed by atoms with E-state index in [0.717, 1.165) is 20.8 Å². The van der Waals surface area contributed by atoms with Crippen molar-refractivity contribution in [3.63, 3.8) is 0 Å². The van der Waals surface area contributed by atoms with E-state index < -0.39 is 241 Å².